The number of amides is 2. The molecule has 1 aliphatic heterocycles. The summed E-state index contributed by atoms with van der Waals surface area (Å²) < 4.78 is 26.7. The van der Waals surface area contributed by atoms with Crippen molar-refractivity contribution in [2.45, 2.75) is 39.3 Å². The molecule has 0 aliphatic carbocycles. The van der Waals surface area contributed by atoms with E-state index in [-0.39, 0.29) is 29.3 Å². The third kappa shape index (κ3) is 5.00. The number of hydrogen-bond donors (Lipinski definition) is 1. The molecule has 0 aromatic heterocycles. The van der Waals surface area contributed by atoms with Crippen LogP contribution in [-0.2, 0) is 9.59 Å². The summed E-state index contributed by atoms with van der Waals surface area (Å²) in [6, 6.07) is 2.35. The fourth-order valence-electron chi connectivity index (χ4n) is 2.96. The molecule has 0 saturated carbocycles. The van der Waals surface area contributed by atoms with Crippen molar-refractivity contribution in [1.29, 1.82) is 0 Å². The number of carbonyl (C=O) groups is 2. The molecule has 1 aromatic rings. The average Bonchev–Trinajstić information content (AvgIpc) is 2.56. The summed E-state index contributed by atoms with van der Waals surface area (Å²) in [5.74, 6) is -1.75. The summed E-state index contributed by atoms with van der Waals surface area (Å²) >= 11 is 0. The van der Waals surface area contributed by atoms with Gasteiger partial charge in [-0.3, -0.25) is 9.59 Å². The molecule has 1 saturated heterocycles. The normalized spacial score (nSPS) is 21.0. The topological polar surface area (TPSA) is 49.4 Å². The fraction of sp³-hybridized carbons (Fsp3) is 0.400. The van der Waals surface area contributed by atoms with E-state index in [1.54, 1.807) is 0 Å². The summed E-state index contributed by atoms with van der Waals surface area (Å²) in [7, 11) is 0. The first-order valence-corrected chi connectivity index (χ1v) is 8.68. The van der Waals surface area contributed by atoms with Gasteiger partial charge in [0.05, 0.1) is 6.04 Å². The summed E-state index contributed by atoms with van der Waals surface area (Å²) in [6.45, 7) is 6.16. The van der Waals surface area contributed by atoms with E-state index < -0.39 is 17.7 Å². The highest BCUT2D eigenvalue weighted by Crippen LogP contribution is 2.18. The molecule has 2 atom stereocenters. The first-order chi connectivity index (χ1) is 12.3. The van der Waals surface area contributed by atoms with Gasteiger partial charge in [-0.25, -0.2) is 8.78 Å². The maximum Gasteiger partial charge on any atom is 0.247 e. The molecule has 1 unspecified atom stereocenters. The van der Waals surface area contributed by atoms with Crippen LogP contribution in [0.5, 0.6) is 0 Å². The molecule has 1 aromatic carbocycles. The van der Waals surface area contributed by atoms with Crippen LogP contribution in [0.25, 0.3) is 6.08 Å². The monoisotopic (exact) mass is 362 g/mol. The van der Waals surface area contributed by atoms with Gasteiger partial charge in [0.15, 0.2) is 0 Å². The van der Waals surface area contributed by atoms with Gasteiger partial charge in [-0.15, -0.1) is 0 Å². The number of carbonyl (C=O) groups excluding carboxylic acids is 2. The van der Waals surface area contributed by atoms with Crippen LogP contribution in [0.15, 0.2) is 36.4 Å². The van der Waals surface area contributed by atoms with Crippen molar-refractivity contribution in [3.63, 3.8) is 0 Å². The molecular formula is C20H24F2N2O2. The van der Waals surface area contributed by atoms with Gasteiger partial charge in [0.1, 0.15) is 17.7 Å². The van der Waals surface area contributed by atoms with Gasteiger partial charge in [-0.05, 0) is 37.5 Å². The Morgan fingerprint density at radius 3 is 2.73 bits per heavy atom. The van der Waals surface area contributed by atoms with E-state index in [9.17, 15) is 18.4 Å². The third-order valence-electron chi connectivity index (χ3n) is 4.17. The lowest BCUT2D eigenvalue weighted by Crippen LogP contribution is -2.61. The van der Waals surface area contributed by atoms with Gasteiger partial charge in [-0.1, -0.05) is 26.0 Å². The van der Waals surface area contributed by atoms with E-state index in [0.717, 1.165) is 12.1 Å². The molecule has 1 fully saturated rings. The number of halogens is 2. The van der Waals surface area contributed by atoms with Gasteiger partial charge in [0, 0.05) is 24.3 Å². The highest BCUT2D eigenvalue weighted by Gasteiger charge is 2.35. The Labute approximate surface area is 152 Å². The van der Waals surface area contributed by atoms with Crippen LogP contribution in [0.1, 0.15) is 32.8 Å². The van der Waals surface area contributed by atoms with Gasteiger partial charge < -0.3 is 10.2 Å². The highest BCUT2D eigenvalue weighted by atomic mass is 19.1. The maximum atomic E-state index is 13.7. The molecule has 26 heavy (non-hydrogen) atoms. The van der Waals surface area contributed by atoms with Gasteiger partial charge >= 0.3 is 0 Å². The SMILES string of the molecule is CC=C[C@H]1CN(C(=O)/C=C/c2ccc(F)cc2F)C(CC(C)C)C(=O)N1. The highest BCUT2D eigenvalue weighted by molar-refractivity contribution is 5.96. The van der Waals surface area contributed by atoms with Crippen molar-refractivity contribution in [2.75, 3.05) is 6.54 Å². The minimum atomic E-state index is -0.740. The molecule has 0 bridgehead atoms. The number of hydrogen-bond acceptors (Lipinski definition) is 2. The number of piperazine rings is 1. The fourth-order valence-corrected chi connectivity index (χ4v) is 2.96. The van der Waals surface area contributed by atoms with Crippen LogP contribution in [0, 0.1) is 17.6 Å². The number of nitrogens with zero attached hydrogens (tertiary/aromatic N) is 1. The molecule has 2 rings (SSSR count). The molecule has 1 aliphatic rings. The number of rotatable bonds is 5. The second-order valence-electron chi connectivity index (χ2n) is 6.78. The summed E-state index contributed by atoms with van der Waals surface area (Å²) in [5, 5.41) is 2.90. The Hall–Kier alpha value is -2.50. The Morgan fingerprint density at radius 1 is 1.38 bits per heavy atom. The smallest absolute Gasteiger partial charge is 0.247 e. The van der Waals surface area contributed by atoms with Crippen molar-refractivity contribution < 1.29 is 18.4 Å². The van der Waals surface area contributed by atoms with Crippen LogP contribution in [0.2, 0.25) is 0 Å². The number of allylic oxidation sites excluding steroid dienone is 1. The standard InChI is InChI=1S/C20H24F2N2O2/c1-4-5-16-12-24(18(10-13(2)3)20(26)23-16)19(25)9-7-14-6-8-15(21)11-17(14)22/h4-9,11,13,16,18H,10,12H2,1-3H3,(H,23,26)/b5-4?,9-7+/t16-,18?/m0/s1. The van der Waals surface area contributed by atoms with Crippen molar-refractivity contribution in [2.24, 2.45) is 5.92 Å². The van der Waals surface area contributed by atoms with Crippen LogP contribution in [0.4, 0.5) is 8.78 Å². The van der Waals surface area contributed by atoms with Crippen LogP contribution >= 0.6 is 0 Å². The molecule has 0 spiro atoms. The lowest BCUT2D eigenvalue weighted by molar-refractivity contribution is -0.141. The molecular weight excluding hydrogens is 338 g/mol. The van der Waals surface area contributed by atoms with Crippen molar-refractivity contribution in [1.82, 2.24) is 10.2 Å². The van der Waals surface area contributed by atoms with Crippen molar-refractivity contribution in [3.05, 3.63) is 53.6 Å². The third-order valence-corrected chi connectivity index (χ3v) is 4.17. The largest absolute Gasteiger partial charge is 0.346 e. The Morgan fingerprint density at radius 2 is 2.12 bits per heavy atom. The maximum absolute atomic E-state index is 13.7. The van der Waals surface area contributed by atoms with Crippen LogP contribution in [-0.4, -0.2) is 35.3 Å². The number of nitrogens with one attached hydrogen (secondary N) is 1. The van der Waals surface area contributed by atoms with Crippen LogP contribution in [0.3, 0.4) is 0 Å². The van der Waals surface area contributed by atoms with E-state index in [1.165, 1.54) is 23.1 Å². The Kier molecular flexibility index (Phi) is 6.66. The van der Waals surface area contributed by atoms with Crippen molar-refractivity contribution in [3.8, 4) is 0 Å². The predicted molar refractivity (Wildman–Crippen MR) is 97.1 cm³/mol. The van der Waals surface area contributed by atoms with E-state index in [4.69, 9.17) is 0 Å². The van der Waals surface area contributed by atoms with Gasteiger partial charge in [0.25, 0.3) is 0 Å². The van der Waals surface area contributed by atoms with E-state index >= 15 is 0 Å². The lowest BCUT2D eigenvalue weighted by Gasteiger charge is -2.38. The molecule has 0 radical (unpaired) electrons. The minimum Gasteiger partial charge on any atom is -0.346 e. The molecule has 1 heterocycles. The van der Waals surface area contributed by atoms with Gasteiger partial charge in [0.2, 0.25) is 11.8 Å². The Balaban J connectivity index is 2.22. The second-order valence-corrected chi connectivity index (χ2v) is 6.78. The first kappa shape index (κ1) is 19.8. The first-order valence-electron chi connectivity index (χ1n) is 8.68. The lowest BCUT2D eigenvalue weighted by atomic mass is 9.98. The number of benzene rings is 1. The van der Waals surface area contributed by atoms with E-state index in [0.29, 0.717) is 13.0 Å². The molecule has 6 heteroatoms. The van der Waals surface area contributed by atoms with Crippen LogP contribution < -0.4 is 5.32 Å². The summed E-state index contributed by atoms with van der Waals surface area (Å²) in [4.78, 5) is 26.6. The molecule has 2 amide bonds. The summed E-state index contributed by atoms with van der Waals surface area (Å²) in [6.07, 6.45) is 6.72. The van der Waals surface area contributed by atoms with Gasteiger partial charge in [-0.2, -0.15) is 0 Å². The van der Waals surface area contributed by atoms with E-state index in [1.807, 2.05) is 32.9 Å². The second kappa shape index (κ2) is 8.74. The summed E-state index contributed by atoms with van der Waals surface area (Å²) in [5.41, 5.74) is 0.117. The average molecular weight is 362 g/mol. The minimum absolute atomic E-state index is 0.117. The molecule has 140 valence electrons. The van der Waals surface area contributed by atoms with E-state index in [2.05, 4.69) is 5.32 Å². The molecule has 4 nitrogen and oxygen atoms in total. The molecule has 1 N–H and O–H groups in total. The Bertz CT molecular complexity index is 729. The predicted octanol–water partition coefficient (Wildman–Crippen LogP) is 3.30. The zero-order valence-corrected chi connectivity index (χ0v) is 15.2. The quantitative estimate of drug-likeness (QED) is 0.645. The van der Waals surface area contributed by atoms with Crippen molar-refractivity contribution >= 4 is 17.9 Å². The zero-order chi connectivity index (χ0) is 19.3. The zero-order valence-electron chi connectivity index (χ0n) is 15.2.